The van der Waals surface area contributed by atoms with Crippen molar-refractivity contribution in [2.75, 3.05) is 20.3 Å². The van der Waals surface area contributed by atoms with E-state index >= 15 is 0 Å². The van der Waals surface area contributed by atoms with E-state index in [0.717, 1.165) is 12.8 Å². The molecule has 0 bridgehead atoms. The average molecular weight is 260 g/mol. The number of methoxy groups -OCH3 is 1. The molecular formula is C15H20N2O2. The molecule has 1 amide bonds. The van der Waals surface area contributed by atoms with E-state index < -0.39 is 0 Å². The lowest BCUT2D eigenvalue weighted by atomic mass is 10.1. The first-order valence-corrected chi connectivity index (χ1v) is 6.81. The summed E-state index contributed by atoms with van der Waals surface area (Å²) in [5.74, 6) is 0.234. The molecule has 1 saturated heterocycles. The lowest BCUT2D eigenvalue weighted by molar-refractivity contribution is -0.131. The molecule has 1 spiro atoms. The minimum atomic E-state index is -0.277. The van der Waals surface area contributed by atoms with Crippen molar-refractivity contribution in [2.45, 2.75) is 31.5 Å². The van der Waals surface area contributed by atoms with Crippen molar-refractivity contribution >= 4 is 5.91 Å². The lowest BCUT2D eigenvalue weighted by Gasteiger charge is -2.25. The Morgan fingerprint density at radius 2 is 2.16 bits per heavy atom. The molecule has 0 aromatic heterocycles. The van der Waals surface area contributed by atoms with Gasteiger partial charge in [0.1, 0.15) is 11.7 Å². The summed E-state index contributed by atoms with van der Waals surface area (Å²) in [5.41, 5.74) is 2.13. The van der Waals surface area contributed by atoms with Crippen molar-refractivity contribution in [3.63, 3.8) is 0 Å². The fourth-order valence-electron chi connectivity index (χ4n) is 2.84. The van der Waals surface area contributed by atoms with Crippen molar-refractivity contribution in [3.8, 4) is 0 Å². The molecule has 1 unspecified atom stereocenters. The summed E-state index contributed by atoms with van der Waals surface area (Å²) in [6.07, 6.45) is 1.90. The molecule has 4 heteroatoms. The van der Waals surface area contributed by atoms with Crippen LogP contribution in [0.2, 0.25) is 0 Å². The first-order valence-electron chi connectivity index (χ1n) is 6.81. The Kier molecular flexibility index (Phi) is 3.07. The second kappa shape index (κ2) is 4.62. The molecule has 3 rings (SSSR count). The SMILES string of the molecule is COCCN1C(=O)C2(CC2)NC1c1ccccc1C. The highest BCUT2D eigenvalue weighted by Gasteiger charge is 2.59. The molecule has 1 atom stereocenters. The van der Waals surface area contributed by atoms with Crippen molar-refractivity contribution in [2.24, 2.45) is 0 Å². The average Bonchev–Trinajstić information content (AvgIpc) is 3.13. The van der Waals surface area contributed by atoms with E-state index in [1.54, 1.807) is 7.11 Å². The number of amides is 1. The van der Waals surface area contributed by atoms with Gasteiger partial charge in [-0.25, -0.2) is 0 Å². The molecular weight excluding hydrogens is 240 g/mol. The van der Waals surface area contributed by atoms with E-state index in [2.05, 4.69) is 24.4 Å². The van der Waals surface area contributed by atoms with Crippen LogP contribution in [0.15, 0.2) is 24.3 Å². The number of hydrogen-bond acceptors (Lipinski definition) is 3. The van der Waals surface area contributed by atoms with Crippen LogP contribution in [0.4, 0.5) is 0 Å². The first kappa shape index (κ1) is 12.6. The van der Waals surface area contributed by atoms with E-state index in [9.17, 15) is 4.79 Å². The van der Waals surface area contributed by atoms with Gasteiger partial charge in [0.25, 0.3) is 0 Å². The number of carbonyl (C=O) groups excluding carboxylic acids is 1. The van der Waals surface area contributed by atoms with Crippen molar-refractivity contribution in [1.82, 2.24) is 10.2 Å². The Morgan fingerprint density at radius 3 is 2.79 bits per heavy atom. The Labute approximate surface area is 113 Å². The zero-order valence-corrected chi connectivity index (χ0v) is 11.5. The minimum absolute atomic E-state index is 0.00801. The van der Waals surface area contributed by atoms with Gasteiger partial charge in [0, 0.05) is 13.7 Å². The molecule has 1 saturated carbocycles. The Morgan fingerprint density at radius 1 is 1.42 bits per heavy atom. The molecule has 0 radical (unpaired) electrons. The summed E-state index contributed by atoms with van der Waals surface area (Å²) in [6, 6.07) is 8.25. The maximum absolute atomic E-state index is 12.5. The largest absolute Gasteiger partial charge is 0.383 e. The summed E-state index contributed by atoms with van der Waals surface area (Å²) < 4.78 is 5.13. The number of carbonyl (C=O) groups is 1. The van der Waals surface area contributed by atoms with Gasteiger partial charge in [0.15, 0.2) is 0 Å². The molecule has 19 heavy (non-hydrogen) atoms. The number of aryl methyl sites for hydroxylation is 1. The standard InChI is InChI=1S/C15H20N2O2/c1-11-5-3-4-6-12(11)13-16-15(7-8-15)14(18)17(13)9-10-19-2/h3-6,13,16H,7-10H2,1-2H3. The topological polar surface area (TPSA) is 41.6 Å². The maximum atomic E-state index is 12.5. The first-order chi connectivity index (χ1) is 9.18. The third kappa shape index (κ3) is 2.05. The molecule has 4 nitrogen and oxygen atoms in total. The van der Waals surface area contributed by atoms with Gasteiger partial charge in [-0.2, -0.15) is 0 Å². The van der Waals surface area contributed by atoms with Crippen LogP contribution in [0.3, 0.4) is 0 Å². The second-order valence-electron chi connectivity index (χ2n) is 5.48. The van der Waals surface area contributed by atoms with Crippen molar-refractivity contribution < 1.29 is 9.53 Å². The van der Waals surface area contributed by atoms with Crippen LogP contribution < -0.4 is 5.32 Å². The van der Waals surface area contributed by atoms with E-state index in [1.165, 1.54) is 11.1 Å². The number of hydrogen-bond donors (Lipinski definition) is 1. The number of rotatable bonds is 4. The molecule has 2 fully saturated rings. The van der Waals surface area contributed by atoms with Gasteiger partial charge in [0.2, 0.25) is 5.91 Å². The van der Waals surface area contributed by atoms with Crippen LogP contribution in [-0.4, -0.2) is 36.6 Å². The number of ether oxygens (including phenoxy) is 1. The monoisotopic (exact) mass is 260 g/mol. The van der Waals surface area contributed by atoms with E-state index in [1.807, 2.05) is 17.0 Å². The van der Waals surface area contributed by atoms with E-state index in [-0.39, 0.29) is 17.6 Å². The lowest BCUT2D eigenvalue weighted by Crippen LogP contribution is -2.34. The highest BCUT2D eigenvalue weighted by Crippen LogP contribution is 2.46. The zero-order chi connectivity index (χ0) is 13.5. The zero-order valence-electron chi connectivity index (χ0n) is 11.5. The van der Waals surface area contributed by atoms with Crippen LogP contribution in [0.5, 0.6) is 0 Å². The third-order valence-corrected chi connectivity index (χ3v) is 4.16. The van der Waals surface area contributed by atoms with Crippen LogP contribution in [-0.2, 0) is 9.53 Å². The molecule has 1 aromatic carbocycles. The fourth-order valence-corrected chi connectivity index (χ4v) is 2.84. The second-order valence-corrected chi connectivity index (χ2v) is 5.48. The third-order valence-electron chi connectivity index (χ3n) is 4.16. The minimum Gasteiger partial charge on any atom is -0.383 e. The van der Waals surface area contributed by atoms with Gasteiger partial charge in [0.05, 0.1) is 6.61 Å². The number of nitrogens with zero attached hydrogens (tertiary/aromatic N) is 1. The molecule has 1 aromatic rings. The smallest absolute Gasteiger partial charge is 0.244 e. The summed E-state index contributed by atoms with van der Waals surface area (Å²) >= 11 is 0. The predicted octanol–water partition coefficient (Wildman–Crippen LogP) is 1.60. The summed E-state index contributed by atoms with van der Waals surface area (Å²) in [6.45, 7) is 3.31. The van der Waals surface area contributed by atoms with Gasteiger partial charge >= 0.3 is 0 Å². The van der Waals surface area contributed by atoms with Gasteiger partial charge in [-0.3, -0.25) is 10.1 Å². The molecule has 102 valence electrons. The van der Waals surface area contributed by atoms with Crippen molar-refractivity contribution in [3.05, 3.63) is 35.4 Å². The van der Waals surface area contributed by atoms with E-state index in [0.29, 0.717) is 13.2 Å². The highest BCUT2D eigenvalue weighted by atomic mass is 16.5. The quantitative estimate of drug-likeness (QED) is 0.894. The van der Waals surface area contributed by atoms with Crippen LogP contribution >= 0.6 is 0 Å². The Balaban J connectivity index is 1.90. The molecule has 2 aliphatic rings. The summed E-state index contributed by atoms with van der Waals surface area (Å²) in [5, 5.41) is 3.53. The number of nitrogens with one attached hydrogen (secondary N) is 1. The van der Waals surface area contributed by atoms with Crippen LogP contribution in [0, 0.1) is 6.92 Å². The van der Waals surface area contributed by atoms with E-state index in [4.69, 9.17) is 4.74 Å². The summed E-state index contributed by atoms with van der Waals surface area (Å²) in [7, 11) is 1.67. The predicted molar refractivity (Wildman–Crippen MR) is 72.6 cm³/mol. The molecule has 1 aliphatic carbocycles. The van der Waals surface area contributed by atoms with Gasteiger partial charge in [-0.05, 0) is 30.9 Å². The van der Waals surface area contributed by atoms with Gasteiger partial charge < -0.3 is 9.64 Å². The maximum Gasteiger partial charge on any atom is 0.244 e. The van der Waals surface area contributed by atoms with Crippen LogP contribution in [0.1, 0.15) is 30.1 Å². The normalized spacial score (nSPS) is 24.2. The fraction of sp³-hybridized carbons (Fsp3) is 0.533. The molecule has 1 aliphatic heterocycles. The van der Waals surface area contributed by atoms with Crippen molar-refractivity contribution in [1.29, 1.82) is 0 Å². The summed E-state index contributed by atoms with van der Waals surface area (Å²) in [4.78, 5) is 14.4. The van der Waals surface area contributed by atoms with Gasteiger partial charge in [-0.15, -0.1) is 0 Å². The molecule has 1 N–H and O–H groups in total. The van der Waals surface area contributed by atoms with Gasteiger partial charge in [-0.1, -0.05) is 24.3 Å². The Bertz CT molecular complexity index is 497. The Hall–Kier alpha value is -1.39. The van der Waals surface area contributed by atoms with Crippen LogP contribution in [0.25, 0.3) is 0 Å². The number of benzene rings is 1. The molecule has 1 heterocycles. The highest BCUT2D eigenvalue weighted by molar-refractivity contribution is 5.92.